The summed E-state index contributed by atoms with van der Waals surface area (Å²) in [5.41, 5.74) is 7.52. The van der Waals surface area contributed by atoms with E-state index < -0.39 is 0 Å². The molecule has 0 fully saturated rings. The van der Waals surface area contributed by atoms with Gasteiger partial charge in [-0.15, -0.1) is 0 Å². The van der Waals surface area contributed by atoms with Gasteiger partial charge < -0.3 is 14.9 Å². The Labute approximate surface area is 128 Å². The summed E-state index contributed by atoms with van der Waals surface area (Å²) < 4.78 is 11.3. The molecule has 4 nitrogen and oxygen atoms in total. The van der Waals surface area contributed by atoms with Gasteiger partial charge in [-0.3, -0.25) is 4.79 Å². The number of carbonyl (C=O) groups is 1. The molecule has 22 heavy (non-hydrogen) atoms. The van der Waals surface area contributed by atoms with E-state index in [0.717, 1.165) is 5.39 Å². The van der Waals surface area contributed by atoms with Crippen molar-refractivity contribution in [1.29, 1.82) is 0 Å². The van der Waals surface area contributed by atoms with E-state index in [1.807, 2.05) is 37.3 Å². The minimum absolute atomic E-state index is 0.0601. The Morgan fingerprint density at radius 3 is 2.77 bits per heavy atom. The predicted octanol–water partition coefficient (Wildman–Crippen LogP) is 3.84. The number of nitrogen functional groups attached to an aromatic ring is 1. The highest BCUT2D eigenvalue weighted by Crippen LogP contribution is 2.29. The standard InChI is InChI=1S/C18H17NO3/c1-2-21-17-9-5-6-12-10-13(22-18(12)17)11-16(20)14-7-3-4-8-15(14)19/h3-10H,2,11,19H2,1H3. The van der Waals surface area contributed by atoms with E-state index in [2.05, 4.69) is 0 Å². The molecule has 0 radical (unpaired) electrons. The molecule has 3 aromatic rings. The molecule has 112 valence electrons. The predicted molar refractivity (Wildman–Crippen MR) is 86.3 cm³/mol. The van der Waals surface area contributed by atoms with Gasteiger partial charge in [0.1, 0.15) is 5.76 Å². The number of fused-ring (bicyclic) bond motifs is 1. The molecule has 4 heteroatoms. The monoisotopic (exact) mass is 295 g/mol. The highest BCUT2D eigenvalue weighted by Gasteiger charge is 2.14. The summed E-state index contributed by atoms with van der Waals surface area (Å²) in [6.07, 6.45) is 0.175. The molecule has 2 N–H and O–H groups in total. The molecule has 1 heterocycles. The molecule has 2 aromatic carbocycles. The molecule has 3 rings (SSSR count). The lowest BCUT2D eigenvalue weighted by atomic mass is 10.1. The number of para-hydroxylation sites is 2. The van der Waals surface area contributed by atoms with Crippen molar-refractivity contribution in [3.63, 3.8) is 0 Å². The Hall–Kier alpha value is -2.75. The number of ether oxygens (including phenoxy) is 1. The van der Waals surface area contributed by atoms with Crippen molar-refractivity contribution in [3.8, 4) is 5.75 Å². The second kappa shape index (κ2) is 5.93. The van der Waals surface area contributed by atoms with Crippen LogP contribution < -0.4 is 10.5 Å². The Balaban J connectivity index is 1.90. The van der Waals surface area contributed by atoms with Crippen LogP contribution in [0.3, 0.4) is 0 Å². The number of furan rings is 1. The van der Waals surface area contributed by atoms with Crippen molar-refractivity contribution in [2.75, 3.05) is 12.3 Å². The Morgan fingerprint density at radius 1 is 1.18 bits per heavy atom. The smallest absolute Gasteiger partial charge is 0.176 e. The molecule has 0 aliphatic rings. The fourth-order valence-corrected chi connectivity index (χ4v) is 2.45. The molecule has 1 aromatic heterocycles. The summed E-state index contributed by atoms with van der Waals surface area (Å²) in [7, 11) is 0. The summed E-state index contributed by atoms with van der Waals surface area (Å²) in [5.74, 6) is 1.24. The maximum absolute atomic E-state index is 12.4. The fraction of sp³-hybridized carbons (Fsp3) is 0.167. The van der Waals surface area contributed by atoms with Gasteiger partial charge in [-0.05, 0) is 31.2 Å². The van der Waals surface area contributed by atoms with Crippen molar-refractivity contribution < 1.29 is 13.9 Å². The molecule has 0 aliphatic heterocycles. The van der Waals surface area contributed by atoms with Gasteiger partial charge in [-0.1, -0.05) is 24.3 Å². The lowest BCUT2D eigenvalue weighted by Gasteiger charge is -2.03. The van der Waals surface area contributed by atoms with Crippen LogP contribution in [0.15, 0.2) is 52.9 Å². The Morgan fingerprint density at radius 2 is 2.00 bits per heavy atom. The van der Waals surface area contributed by atoms with Gasteiger partial charge in [0, 0.05) is 16.6 Å². The number of rotatable bonds is 5. The van der Waals surface area contributed by atoms with E-state index in [1.54, 1.807) is 18.2 Å². The zero-order chi connectivity index (χ0) is 15.5. The van der Waals surface area contributed by atoms with Crippen molar-refractivity contribution in [2.45, 2.75) is 13.3 Å². The van der Waals surface area contributed by atoms with Crippen LogP contribution in [0.4, 0.5) is 5.69 Å². The van der Waals surface area contributed by atoms with Gasteiger partial charge in [0.15, 0.2) is 17.1 Å². The van der Waals surface area contributed by atoms with Crippen LogP contribution in [-0.2, 0) is 6.42 Å². The molecule has 0 spiro atoms. The molecule has 0 saturated heterocycles. The molecule has 0 unspecified atom stereocenters. The Bertz CT molecular complexity index is 820. The maximum atomic E-state index is 12.4. The number of nitrogens with two attached hydrogens (primary N) is 1. The van der Waals surface area contributed by atoms with Crippen molar-refractivity contribution in [3.05, 3.63) is 59.9 Å². The van der Waals surface area contributed by atoms with Gasteiger partial charge in [-0.25, -0.2) is 0 Å². The summed E-state index contributed by atoms with van der Waals surface area (Å²) in [5, 5.41) is 0.926. The van der Waals surface area contributed by atoms with E-state index in [1.165, 1.54) is 0 Å². The third-order valence-corrected chi connectivity index (χ3v) is 3.45. The van der Waals surface area contributed by atoms with E-state index in [0.29, 0.717) is 35.0 Å². The quantitative estimate of drug-likeness (QED) is 0.573. The van der Waals surface area contributed by atoms with Crippen LogP contribution >= 0.6 is 0 Å². The third-order valence-electron chi connectivity index (χ3n) is 3.45. The number of hydrogen-bond donors (Lipinski definition) is 1. The van der Waals surface area contributed by atoms with Gasteiger partial charge in [0.2, 0.25) is 0 Å². The van der Waals surface area contributed by atoms with E-state index in [9.17, 15) is 4.79 Å². The zero-order valence-corrected chi connectivity index (χ0v) is 12.3. The van der Waals surface area contributed by atoms with Gasteiger partial charge in [0.05, 0.1) is 13.0 Å². The SMILES string of the molecule is CCOc1cccc2cc(CC(=O)c3ccccc3N)oc12. The average molecular weight is 295 g/mol. The van der Waals surface area contributed by atoms with Crippen LogP contribution in [0.25, 0.3) is 11.0 Å². The minimum Gasteiger partial charge on any atom is -0.490 e. The summed E-state index contributed by atoms with van der Waals surface area (Å²) in [4.78, 5) is 12.4. The van der Waals surface area contributed by atoms with Gasteiger partial charge >= 0.3 is 0 Å². The number of benzene rings is 2. The Kier molecular flexibility index (Phi) is 3.83. The van der Waals surface area contributed by atoms with Crippen LogP contribution in [0.5, 0.6) is 5.75 Å². The number of ketones is 1. The first kappa shape index (κ1) is 14.2. The number of Topliss-reactive ketones (excluding diaryl/α,β-unsaturated/α-hetero) is 1. The molecule has 0 aliphatic carbocycles. The molecule has 0 atom stereocenters. The zero-order valence-electron chi connectivity index (χ0n) is 12.3. The highest BCUT2D eigenvalue weighted by atomic mass is 16.5. The lowest BCUT2D eigenvalue weighted by molar-refractivity contribution is 0.0988. The van der Waals surface area contributed by atoms with Crippen molar-refractivity contribution >= 4 is 22.4 Å². The molecule has 0 saturated carbocycles. The largest absolute Gasteiger partial charge is 0.490 e. The molecular weight excluding hydrogens is 278 g/mol. The number of carbonyl (C=O) groups excluding carboxylic acids is 1. The fourth-order valence-electron chi connectivity index (χ4n) is 2.45. The first-order valence-electron chi connectivity index (χ1n) is 7.21. The van der Waals surface area contributed by atoms with Crippen LogP contribution in [0.2, 0.25) is 0 Å². The summed E-state index contributed by atoms with van der Waals surface area (Å²) >= 11 is 0. The molecule has 0 bridgehead atoms. The highest BCUT2D eigenvalue weighted by molar-refractivity contribution is 6.02. The average Bonchev–Trinajstić information content (AvgIpc) is 2.91. The molecule has 0 amide bonds. The van der Waals surface area contributed by atoms with Gasteiger partial charge in [0.25, 0.3) is 0 Å². The summed E-state index contributed by atoms with van der Waals surface area (Å²) in [6.45, 7) is 2.49. The van der Waals surface area contributed by atoms with Gasteiger partial charge in [-0.2, -0.15) is 0 Å². The minimum atomic E-state index is -0.0601. The van der Waals surface area contributed by atoms with Crippen LogP contribution in [-0.4, -0.2) is 12.4 Å². The van der Waals surface area contributed by atoms with Crippen molar-refractivity contribution in [2.24, 2.45) is 0 Å². The van der Waals surface area contributed by atoms with E-state index in [-0.39, 0.29) is 12.2 Å². The van der Waals surface area contributed by atoms with Crippen molar-refractivity contribution in [1.82, 2.24) is 0 Å². The van der Waals surface area contributed by atoms with Crippen LogP contribution in [0, 0.1) is 0 Å². The lowest BCUT2D eigenvalue weighted by Crippen LogP contribution is -2.06. The maximum Gasteiger partial charge on any atom is 0.176 e. The van der Waals surface area contributed by atoms with E-state index in [4.69, 9.17) is 14.9 Å². The number of hydrogen-bond acceptors (Lipinski definition) is 4. The normalized spacial score (nSPS) is 10.8. The first-order chi connectivity index (χ1) is 10.7. The first-order valence-corrected chi connectivity index (χ1v) is 7.21. The van der Waals surface area contributed by atoms with E-state index >= 15 is 0 Å². The number of anilines is 1. The molecular formula is C18H17NO3. The summed E-state index contributed by atoms with van der Waals surface area (Å²) in [6, 6.07) is 14.6. The second-order valence-electron chi connectivity index (χ2n) is 5.01. The van der Waals surface area contributed by atoms with Crippen LogP contribution in [0.1, 0.15) is 23.0 Å². The third kappa shape index (κ3) is 2.68. The second-order valence-corrected chi connectivity index (χ2v) is 5.01. The topological polar surface area (TPSA) is 65.5 Å².